The average molecular weight is 649 g/mol. The number of hydrogen-bond acceptors (Lipinski definition) is 7. The fourth-order valence-corrected chi connectivity index (χ4v) is 15.2. The van der Waals surface area contributed by atoms with Crippen LogP contribution in [-0.4, -0.2) is 60.7 Å². The van der Waals surface area contributed by atoms with Crippen molar-refractivity contribution in [2.45, 2.75) is 131 Å². The molecule has 0 aromatic rings. The zero-order chi connectivity index (χ0) is 32.7. The van der Waals surface area contributed by atoms with Gasteiger partial charge in [-0.15, -0.1) is 0 Å². The summed E-state index contributed by atoms with van der Waals surface area (Å²) in [6.07, 6.45) is 10.3. The van der Waals surface area contributed by atoms with Crippen LogP contribution in [0.15, 0.2) is 0 Å². The standard InChI is InChI=1S/C37H60O7S/c1-7-25-29-19-24(38)11-14-36(29,6)28-12-15-35(5)26(8-9-27(35)32(28)33(25)41)22(2)13-17-44-31(40)20-45(42,43)21-37-16-10-23(18-30(37)39)34(37,3)4/h22-29,32-33,38,41H,7-21H2,1-6H3/t22-,23-,24-,25-,26-,27+,28+,29+,32+,33-,35-,36-,37-/m1/s1. The van der Waals surface area contributed by atoms with Crippen molar-refractivity contribution in [1.29, 1.82) is 0 Å². The monoisotopic (exact) mass is 648 g/mol. The van der Waals surface area contributed by atoms with Gasteiger partial charge in [-0.2, -0.15) is 0 Å². The average Bonchev–Trinajstić information content (AvgIpc) is 3.49. The number of carbonyl (C=O) groups excluding carboxylic acids is 2. The van der Waals surface area contributed by atoms with Gasteiger partial charge in [-0.25, -0.2) is 8.42 Å². The van der Waals surface area contributed by atoms with Crippen LogP contribution in [0.1, 0.15) is 119 Å². The Kier molecular flexibility index (Phi) is 8.71. The normalized spacial score (nSPS) is 47.6. The molecule has 6 fully saturated rings. The first-order chi connectivity index (χ1) is 21.0. The molecule has 0 aromatic heterocycles. The lowest BCUT2D eigenvalue weighted by molar-refractivity contribution is -0.203. The third-order valence-corrected chi connectivity index (χ3v) is 17.5. The summed E-state index contributed by atoms with van der Waals surface area (Å²) < 4.78 is 31.8. The molecule has 2 bridgehead atoms. The Hall–Kier alpha value is -0.990. The van der Waals surface area contributed by atoms with Crippen LogP contribution < -0.4 is 0 Å². The van der Waals surface area contributed by atoms with E-state index in [-0.39, 0.29) is 58.4 Å². The fraction of sp³-hybridized carbons (Fsp3) is 0.946. The maximum Gasteiger partial charge on any atom is 0.321 e. The predicted octanol–water partition coefficient (Wildman–Crippen LogP) is 5.99. The van der Waals surface area contributed by atoms with Gasteiger partial charge in [-0.1, -0.05) is 48.0 Å². The van der Waals surface area contributed by atoms with E-state index in [2.05, 4.69) is 27.7 Å². The molecule has 2 N–H and O–H groups in total. The fourth-order valence-electron chi connectivity index (χ4n) is 13.2. The molecule has 6 saturated carbocycles. The van der Waals surface area contributed by atoms with Crippen LogP contribution in [0.4, 0.5) is 0 Å². The second kappa shape index (κ2) is 11.6. The van der Waals surface area contributed by atoms with E-state index in [0.29, 0.717) is 54.8 Å². The number of carbonyl (C=O) groups is 2. The van der Waals surface area contributed by atoms with Gasteiger partial charge in [-0.05, 0) is 128 Å². The second-order valence-electron chi connectivity index (χ2n) is 17.8. The molecule has 256 valence electrons. The topological polar surface area (TPSA) is 118 Å². The van der Waals surface area contributed by atoms with E-state index >= 15 is 0 Å². The summed E-state index contributed by atoms with van der Waals surface area (Å²) in [5.74, 6) is 1.38. The molecule has 0 unspecified atom stereocenters. The van der Waals surface area contributed by atoms with Crippen LogP contribution in [0.3, 0.4) is 0 Å². The molecular formula is C37H60O7S. The Morgan fingerprint density at radius 2 is 1.64 bits per heavy atom. The lowest BCUT2D eigenvalue weighted by Gasteiger charge is -2.64. The van der Waals surface area contributed by atoms with Crippen LogP contribution in [0.5, 0.6) is 0 Å². The van der Waals surface area contributed by atoms with Gasteiger partial charge < -0.3 is 14.9 Å². The molecule has 6 aliphatic carbocycles. The largest absolute Gasteiger partial charge is 0.465 e. The minimum absolute atomic E-state index is 0.0457. The van der Waals surface area contributed by atoms with E-state index in [0.717, 1.165) is 57.8 Å². The molecule has 13 atom stereocenters. The minimum Gasteiger partial charge on any atom is -0.465 e. The Bertz CT molecular complexity index is 1280. The Morgan fingerprint density at radius 1 is 0.956 bits per heavy atom. The third kappa shape index (κ3) is 5.19. The number of ketones is 1. The highest BCUT2D eigenvalue weighted by molar-refractivity contribution is 7.92. The van der Waals surface area contributed by atoms with Gasteiger partial charge in [0, 0.05) is 11.8 Å². The molecular weight excluding hydrogens is 588 g/mol. The van der Waals surface area contributed by atoms with Crippen molar-refractivity contribution >= 4 is 21.6 Å². The van der Waals surface area contributed by atoms with Gasteiger partial charge in [0.05, 0.1) is 24.6 Å². The van der Waals surface area contributed by atoms with E-state index in [1.54, 1.807) is 0 Å². The molecule has 8 heteroatoms. The van der Waals surface area contributed by atoms with Gasteiger partial charge in [-0.3, -0.25) is 9.59 Å². The van der Waals surface area contributed by atoms with E-state index in [9.17, 15) is 28.2 Å². The lowest BCUT2D eigenvalue weighted by Crippen LogP contribution is -2.62. The first-order valence-corrected chi connectivity index (χ1v) is 20.1. The van der Waals surface area contributed by atoms with Crippen LogP contribution in [-0.2, 0) is 24.2 Å². The summed E-state index contributed by atoms with van der Waals surface area (Å²) in [7, 11) is -3.78. The van der Waals surface area contributed by atoms with E-state index in [1.807, 2.05) is 13.8 Å². The maximum absolute atomic E-state index is 13.1. The highest BCUT2D eigenvalue weighted by Crippen LogP contribution is 2.69. The summed E-state index contributed by atoms with van der Waals surface area (Å²) in [6, 6.07) is 0. The van der Waals surface area contributed by atoms with Crippen molar-refractivity contribution in [3.63, 3.8) is 0 Å². The molecule has 0 aliphatic heterocycles. The number of esters is 1. The van der Waals surface area contributed by atoms with Crippen LogP contribution in [0.25, 0.3) is 0 Å². The summed E-state index contributed by atoms with van der Waals surface area (Å²) in [6.45, 7) is 13.6. The summed E-state index contributed by atoms with van der Waals surface area (Å²) in [5.41, 5.74) is -0.903. The molecule has 0 heterocycles. The molecule has 7 nitrogen and oxygen atoms in total. The molecule has 45 heavy (non-hydrogen) atoms. The first-order valence-electron chi connectivity index (χ1n) is 18.3. The molecule has 6 rings (SSSR count). The SMILES string of the molecule is CC[C@H]1[C@@H](O)[C@@H]2[C@H](CC[C@]3(C)[C@@H]([C@H](C)CCOC(=O)CS(=O)(=O)C[C@]45CC[C@H](CC4=O)C5(C)C)CC[C@@H]23)[C@@]2(C)CC[C@@H](O)C[C@@H]12. The Morgan fingerprint density at radius 3 is 2.29 bits per heavy atom. The molecule has 0 amide bonds. The molecule has 0 radical (unpaired) electrons. The van der Waals surface area contributed by atoms with Gasteiger partial charge in [0.25, 0.3) is 0 Å². The maximum atomic E-state index is 13.1. The summed E-state index contributed by atoms with van der Waals surface area (Å²) in [5, 5.41) is 22.5. The number of ether oxygens (including phenoxy) is 1. The van der Waals surface area contributed by atoms with Crippen molar-refractivity contribution in [3.8, 4) is 0 Å². The van der Waals surface area contributed by atoms with Gasteiger partial charge in [0.2, 0.25) is 0 Å². The van der Waals surface area contributed by atoms with Crippen molar-refractivity contribution in [3.05, 3.63) is 0 Å². The van der Waals surface area contributed by atoms with Crippen molar-refractivity contribution < 1.29 is 33.0 Å². The Labute approximate surface area is 271 Å². The number of aliphatic hydroxyl groups excluding tert-OH is 2. The number of aliphatic hydroxyl groups is 2. The highest BCUT2D eigenvalue weighted by Gasteiger charge is 2.66. The Balaban J connectivity index is 1.06. The van der Waals surface area contributed by atoms with Gasteiger partial charge >= 0.3 is 5.97 Å². The van der Waals surface area contributed by atoms with Crippen LogP contribution in [0.2, 0.25) is 0 Å². The summed E-state index contributed by atoms with van der Waals surface area (Å²) in [4.78, 5) is 25.6. The predicted molar refractivity (Wildman–Crippen MR) is 174 cm³/mol. The molecule has 0 spiro atoms. The molecule has 0 saturated heterocycles. The third-order valence-electron chi connectivity index (χ3n) is 15.9. The lowest BCUT2D eigenvalue weighted by atomic mass is 9.41. The zero-order valence-corrected chi connectivity index (χ0v) is 29.5. The van der Waals surface area contributed by atoms with E-state index < -0.39 is 27.0 Å². The van der Waals surface area contributed by atoms with Crippen molar-refractivity contribution in [2.24, 2.45) is 69.0 Å². The number of rotatable bonds is 9. The molecule has 0 aromatic carbocycles. The van der Waals surface area contributed by atoms with Crippen molar-refractivity contribution in [1.82, 2.24) is 0 Å². The minimum atomic E-state index is -3.78. The quantitative estimate of drug-likeness (QED) is 0.295. The number of hydrogen-bond donors (Lipinski definition) is 2. The smallest absolute Gasteiger partial charge is 0.321 e. The number of sulfone groups is 1. The summed E-state index contributed by atoms with van der Waals surface area (Å²) >= 11 is 0. The van der Waals surface area contributed by atoms with Crippen LogP contribution >= 0.6 is 0 Å². The van der Waals surface area contributed by atoms with E-state index in [4.69, 9.17) is 4.74 Å². The van der Waals surface area contributed by atoms with E-state index in [1.165, 1.54) is 0 Å². The molecule has 6 aliphatic rings. The van der Waals surface area contributed by atoms with Gasteiger partial charge in [0.1, 0.15) is 11.5 Å². The zero-order valence-electron chi connectivity index (χ0n) is 28.7. The first kappa shape index (κ1) is 33.9. The van der Waals surface area contributed by atoms with Crippen LogP contribution in [0, 0.1) is 69.0 Å². The van der Waals surface area contributed by atoms with Gasteiger partial charge in [0.15, 0.2) is 9.84 Å². The number of Topliss-reactive ketones (excluding diaryl/α,β-unsaturated/α-hetero) is 1. The van der Waals surface area contributed by atoms with Crippen molar-refractivity contribution in [2.75, 3.05) is 18.1 Å². The number of fused-ring (bicyclic) bond motifs is 7. The second-order valence-corrected chi connectivity index (χ2v) is 19.9. The highest BCUT2D eigenvalue weighted by atomic mass is 32.2.